The monoisotopic (exact) mass is 297 g/mol. The van der Waals surface area contributed by atoms with Crippen molar-refractivity contribution in [1.82, 2.24) is 4.98 Å². The van der Waals surface area contributed by atoms with Gasteiger partial charge in [-0.3, -0.25) is 0 Å². The van der Waals surface area contributed by atoms with Gasteiger partial charge in [0.05, 0.1) is 0 Å². The van der Waals surface area contributed by atoms with E-state index in [0.29, 0.717) is 5.75 Å². The summed E-state index contributed by atoms with van der Waals surface area (Å²) in [7, 11) is 1.46. The minimum absolute atomic E-state index is 0.0225. The van der Waals surface area contributed by atoms with Crippen LogP contribution in [-0.4, -0.2) is 13.4 Å². The number of pyridine rings is 1. The Bertz CT molecular complexity index is 686. The van der Waals surface area contributed by atoms with Crippen LogP contribution in [0, 0.1) is 0 Å². The average molecular weight is 298 g/mol. The van der Waals surface area contributed by atoms with E-state index in [4.69, 9.17) is 15.4 Å². The Morgan fingerprint density at radius 3 is 2.74 bits per heavy atom. The molecule has 0 radical (unpaired) electrons. The van der Waals surface area contributed by atoms with Crippen molar-refractivity contribution in [2.75, 3.05) is 0 Å². The maximum atomic E-state index is 11.4. The van der Waals surface area contributed by atoms with Crippen LogP contribution in [0.2, 0.25) is 0 Å². The van der Waals surface area contributed by atoms with Crippen molar-refractivity contribution in [3.05, 3.63) is 48.2 Å². The number of aromatic nitrogens is 1. The van der Waals surface area contributed by atoms with Crippen molar-refractivity contribution >= 4 is 19.7 Å². The second-order valence-corrected chi connectivity index (χ2v) is 6.38. The summed E-state index contributed by atoms with van der Waals surface area (Å²) < 4.78 is 28.3. The number of hydrogen-bond acceptors (Lipinski definition) is 4. The molecule has 0 aliphatic heterocycles. The summed E-state index contributed by atoms with van der Waals surface area (Å²) in [6, 6.07) is 10.2. The van der Waals surface area contributed by atoms with Crippen LogP contribution in [0.25, 0.3) is 0 Å². The van der Waals surface area contributed by atoms with E-state index in [1.807, 2.05) is 25.1 Å². The van der Waals surface area contributed by atoms with Gasteiger partial charge in [0.15, 0.2) is 0 Å². The fourth-order valence-corrected chi connectivity index (χ4v) is 2.48. The highest BCUT2D eigenvalue weighted by molar-refractivity contribution is 8.13. The topological polar surface area (TPSA) is 56.3 Å². The van der Waals surface area contributed by atoms with Crippen molar-refractivity contribution < 1.29 is 13.2 Å². The maximum absolute atomic E-state index is 11.4. The first-order chi connectivity index (χ1) is 9.00. The lowest BCUT2D eigenvalue weighted by atomic mass is 10.2. The lowest BCUT2D eigenvalue weighted by Gasteiger charge is -2.08. The molecule has 0 atom stereocenters. The van der Waals surface area contributed by atoms with Crippen LogP contribution >= 0.6 is 10.7 Å². The number of benzene rings is 1. The molecule has 0 saturated heterocycles. The third-order valence-corrected chi connectivity index (χ3v) is 3.85. The van der Waals surface area contributed by atoms with Crippen LogP contribution in [-0.2, 0) is 15.5 Å². The Balaban J connectivity index is 2.38. The van der Waals surface area contributed by atoms with E-state index in [0.717, 1.165) is 12.0 Å². The Labute approximate surface area is 116 Å². The first kappa shape index (κ1) is 13.8. The van der Waals surface area contributed by atoms with Gasteiger partial charge in [-0.15, -0.1) is 0 Å². The fraction of sp³-hybridized carbons (Fsp3) is 0.154. The molecule has 1 aromatic heterocycles. The predicted molar refractivity (Wildman–Crippen MR) is 73.2 cm³/mol. The van der Waals surface area contributed by atoms with Crippen LogP contribution in [0.5, 0.6) is 11.6 Å². The number of hydrogen-bond donors (Lipinski definition) is 0. The van der Waals surface area contributed by atoms with Gasteiger partial charge in [-0.2, -0.15) is 0 Å². The minimum Gasteiger partial charge on any atom is -0.438 e. The second kappa shape index (κ2) is 5.59. The van der Waals surface area contributed by atoms with Crippen molar-refractivity contribution in [1.29, 1.82) is 0 Å². The third kappa shape index (κ3) is 3.45. The average Bonchev–Trinajstić information content (AvgIpc) is 2.38. The van der Waals surface area contributed by atoms with Crippen LogP contribution in [0.4, 0.5) is 0 Å². The number of aryl methyl sites for hydroxylation is 1. The summed E-state index contributed by atoms with van der Waals surface area (Å²) in [6.45, 7) is 2.02. The summed E-state index contributed by atoms with van der Waals surface area (Å²) in [5.74, 6) is 0.505. The molecule has 0 N–H and O–H groups in total. The van der Waals surface area contributed by atoms with Gasteiger partial charge in [-0.1, -0.05) is 19.1 Å². The summed E-state index contributed by atoms with van der Waals surface area (Å²) in [5.41, 5.74) is 1.09. The Morgan fingerprint density at radius 2 is 2.05 bits per heavy atom. The molecule has 100 valence electrons. The smallest absolute Gasteiger partial charge is 0.266 e. The zero-order valence-corrected chi connectivity index (χ0v) is 11.8. The van der Waals surface area contributed by atoms with E-state index in [2.05, 4.69) is 4.98 Å². The van der Waals surface area contributed by atoms with Crippen molar-refractivity contribution in [2.45, 2.75) is 18.2 Å². The highest BCUT2D eigenvalue weighted by Crippen LogP contribution is 2.28. The first-order valence-electron chi connectivity index (χ1n) is 5.67. The molecular formula is C13H12ClNO3S. The molecular weight excluding hydrogens is 286 g/mol. The highest BCUT2D eigenvalue weighted by Gasteiger charge is 2.18. The molecule has 19 heavy (non-hydrogen) atoms. The van der Waals surface area contributed by atoms with Crippen LogP contribution < -0.4 is 4.74 Å². The Kier molecular flexibility index (Phi) is 4.07. The normalized spacial score (nSPS) is 11.3. The van der Waals surface area contributed by atoms with Crippen molar-refractivity contribution in [2.24, 2.45) is 0 Å². The van der Waals surface area contributed by atoms with E-state index in [1.54, 1.807) is 6.07 Å². The van der Waals surface area contributed by atoms with Gasteiger partial charge >= 0.3 is 0 Å². The fourth-order valence-electron chi connectivity index (χ4n) is 1.58. The summed E-state index contributed by atoms with van der Waals surface area (Å²) in [5, 5.41) is 0. The highest BCUT2D eigenvalue weighted by atomic mass is 35.7. The van der Waals surface area contributed by atoms with E-state index in [9.17, 15) is 8.42 Å². The van der Waals surface area contributed by atoms with Crippen LogP contribution in [0.1, 0.15) is 12.5 Å². The Hall–Kier alpha value is -1.59. The number of rotatable bonds is 4. The van der Waals surface area contributed by atoms with E-state index < -0.39 is 9.05 Å². The second-order valence-electron chi connectivity index (χ2n) is 3.85. The minimum atomic E-state index is -3.88. The molecule has 0 bridgehead atoms. The molecule has 0 fully saturated rings. The number of halogens is 1. The van der Waals surface area contributed by atoms with Gasteiger partial charge in [-0.05, 0) is 36.2 Å². The number of nitrogens with zero attached hydrogens (tertiary/aromatic N) is 1. The van der Waals surface area contributed by atoms with Crippen molar-refractivity contribution in [3.8, 4) is 11.6 Å². The molecule has 0 saturated carbocycles. The largest absolute Gasteiger partial charge is 0.438 e. The molecule has 1 heterocycles. The molecule has 0 spiro atoms. The molecule has 1 aromatic carbocycles. The van der Waals surface area contributed by atoms with Gasteiger partial charge < -0.3 is 4.74 Å². The van der Waals surface area contributed by atoms with Gasteiger partial charge in [-0.25, -0.2) is 13.4 Å². The van der Waals surface area contributed by atoms with E-state index in [1.165, 1.54) is 18.3 Å². The molecule has 0 aliphatic rings. The molecule has 6 heteroatoms. The summed E-state index contributed by atoms with van der Waals surface area (Å²) >= 11 is 0. The number of ether oxygens (including phenoxy) is 1. The summed E-state index contributed by atoms with van der Waals surface area (Å²) in [4.78, 5) is 3.77. The molecule has 4 nitrogen and oxygen atoms in total. The molecule has 2 aromatic rings. The molecule has 0 aliphatic carbocycles. The van der Waals surface area contributed by atoms with Crippen LogP contribution in [0.3, 0.4) is 0 Å². The van der Waals surface area contributed by atoms with Crippen molar-refractivity contribution in [3.63, 3.8) is 0 Å². The maximum Gasteiger partial charge on any atom is 0.266 e. The van der Waals surface area contributed by atoms with Gasteiger partial charge in [0.2, 0.25) is 5.88 Å². The quantitative estimate of drug-likeness (QED) is 0.812. The lowest BCUT2D eigenvalue weighted by molar-refractivity contribution is 0.447. The van der Waals surface area contributed by atoms with Gasteiger partial charge in [0.1, 0.15) is 10.6 Å². The van der Waals surface area contributed by atoms with Crippen LogP contribution in [0.15, 0.2) is 47.5 Å². The molecule has 0 amide bonds. The molecule has 2 rings (SSSR count). The predicted octanol–water partition coefficient (Wildman–Crippen LogP) is 3.36. The zero-order chi connectivity index (χ0) is 13.9. The third-order valence-electron chi connectivity index (χ3n) is 2.52. The summed E-state index contributed by atoms with van der Waals surface area (Å²) in [6.07, 6.45) is 2.31. The standard InChI is InChI=1S/C13H12ClNO3S/c1-2-10-5-3-6-11(9-10)18-13-12(19(14,16)17)7-4-8-15-13/h3-9H,2H2,1H3. The SMILES string of the molecule is CCc1cccc(Oc2ncccc2S(=O)(=O)Cl)c1. The van der Waals surface area contributed by atoms with E-state index in [-0.39, 0.29) is 10.8 Å². The van der Waals surface area contributed by atoms with E-state index >= 15 is 0 Å². The first-order valence-corrected chi connectivity index (χ1v) is 7.98. The molecule has 0 unspecified atom stereocenters. The lowest BCUT2D eigenvalue weighted by Crippen LogP contribution is -1.98. The van der Waals surface area contributed by atoms with Gasteiger partial charge in [0, 0.05) is 16.9 Å². The van der Waals surface area contributed by atoms with Gasteiger partial charge in [0.25, 0.3) is 9.05 Å². The Morgan fingerprint density at radius 1 is 1.26 bits per heavy atom. The zero-order valence-electron chi connectivity index (χ0n) is 10.2.